The highest BCUT2D eigenvalue weighted by Crippen LogP contribution is 2.26. The normalized spacial score (nSPS) is 18.9. The van der Waals surface area contributed by atoms with Crippen LogP contribution in [-0.2, 0) is 23.8 Å². The molecule has 1 aliphatic heterocycles. The van der Waals surface area contributed by atoms with Crippen LogP contribution in [0, 0.1) is 0 Å². The van der Waals surface area contributed by atoms with E-state index in [-0.39, 0.29) is 13.0 Å². The SMILES string of the molecule is CCCCCCCCCCCCC/C=C/C(O)C(COC1OC(CO)C(O)C(O)C1OC(=O)CCCCCCCCCCCCCCCCCCCCCCCCC)NC(=O)C(O)CCCCCCCCCCCCCCC. The number of ether oxygens (including phenoxy) is 3. The standard InChI is InChI=1S/C67H129NO10/c1-4-7-10-13-16-19-22-25-26-27-28-29-30-31-32-33-34-37-40-43-46-49-52-55-62(72)78-65-64(74)63(73)61(56-69)77-67(65)76-57-58(59(70)53-50-47-44-41-38-35-23-20-17-14-11-8-5-2)68-66(75)60(71)54-51-48-45-42-39-36-24-21-18-15-12-9-6-3/h50,53,58-61,63-65,67,69-71,73-74H,4-49,51-52,54-57H2,1-3H3,(H,68,75)/b53-50+. The molecule has 1 aliphatic rings. The van der Waals surface area contributed by atoms with Gasteiger partial charge in [-0.1, -0.05) is 322 Å². The zero-order chi connectivity index (χ0) is 56.8. The van der Waals surface area contributed by atoms with Crippen molar-refractivity contribution in [3.8, 4) is 0 Å². The molecule has 1 amide bonds. The van der Waals surface area contributed by atoms with E-state index in [1.165, 1.54) is 238 Å². The molecule has 78 heavy (non-hydrogen) atoms. The first-order valence-electron chi connectivity index (χ1n) is 34.0. The van der Waals surface area contributed by atoms with Crippen LogP contribution in [0.3, 0.4) is 0 Å². The van der Waals surface area contributed by atoms with Gasteiger partial charge in [0, 0.05) is 6.42 Å². The summed E-state index contributed by atoms with van der Waals surface area (Å²) in [6.07, 6.45) is 54.0. The predicted octanol–water partition coefficient (Wildman–Crippen LogP) is 16.7. The van der Waals surface area contributed by atoms with E-state index in [1.807, 2.05) is 6.08 Å². The lowest BCUT2D eigenvalue weighted by Crippen LogP contribution is -2.61. The average Bonchev–Trinajstić information content (AvgIpc) is 3.44. The second-order valence-electron chi connectivity index (χ2n) is 23.9. The number of esters is 1. The van der Waals surface area contributed by atoms with Gasteiger partial charge in [-0.15, -0.1) is 0 Å². The Bertz CT molecular complexity index is 1320. The van der Waals surface area contributed by atoms with Gasteiger partial charge in [-0.3, -0.25) is 9.59 Å². The van der Waals surface area contributed by atoms with Crippen LogP contribution >= 0.6 is 0 Å². The van der Waals surface area contributed by atoms with Gasteiger partial charge >= 0.3 is 5.97 Å². The molecule has 1 fully saturated rings. The van der Waals surface area contributed by atoms with Gasteiger partial charge in [0.15, 0.2) is 12.4 Å². The fourth-order valence-corrected chi connectivity index (χ4v) is 11.1. The maximum Gasteiger partial charge on any atom is 0.306 e. The molecule has 8 atom stereocenters. The monoisotopic (exact) mass is 1110 g/mol. The molecule has 0 aromatic heterocycles. The summed E-state index contributed by atoms with van der Waals surface area (Å²) in [5.41, 5.74) is 0. The highest BCUT2D eigenvalue weighted by atomic mass is 16.7. The minimum atomic E-state index is -1.61. The van der Waals surface area contributed by atoms with E-state index < -0.39 is 67.4 Å². The number of aliphatic hydroxyl groups is 5. The first-order chi connectivity index (χ1) is 38.2. The van der Waals surface area contributed by atoms with Gasteiger partial charge in [-0.25, -0.2) is 0 Å². The predicted molar refractivity (Wildman–Crippen MR) is 325 cm³/mol. The van der Waals surface area contributed by atoms with E-state index in [9.17, 15) is 35.1 Å². The maximum absolute atomic E-state index is 13.4. The summed E-state index contributed by atoms with van der Waals surface area (Å²) in [7, 11) is 0. The Morgan fingerprint density at radius 3 is 1.21 bits per heavy atom. The van der Waals surface area contributed by atoms with Crippen LogP contribution in [0.4, 0.5) is 0 Å². The van der Waals surface area contributed by atoms with Crippen LogP contribution in [0.1, 0.15) is 342 Å². The van der Waals surface area contributed by atoms with Crippen molar-refractivity contribution >= 4 is 11.9 Å². The van der Waals surface area contributed by atoms with Gasteiger partial charge in [0.05, 0.1) is 25.4 Å². The molecule has 462 valence electrons. The molecule has 1 saturated heterocycles. The van der Waals surface area contributed by atoms with E-state index in [0.29, 0.717) is 19.3 Å². The first-order valence-corrected chi connectivity index (χ1v) is 34.0. The van der Waals surface area contributed by atoms with Crippen LogP contribution in [0.5, 0.6) is 0 Å². The van der Waals surface area contributed by atoms with Crippen molar-refractivity contribution in [3.63, 3.8) is 0 Å². The van der Waals surface area contributed by atoms with Gasteiger partial charge in [-0.05, 0) is 25.7 Å². The molecule has 0 saturated carbocycles. The molecule has 0 aromatic carbocycles. The lowest BCUT2D eigenvalue weighted by molar-refractivity contribution is -0.305. The quantitative estimate of drug-likeness (QED) is 0.0195. The third kappa shape index (κ3) is 43.1. The summed E-state index contributed by atoms with van der Waals surface area (Å²) in [6.45, 7) is 5.84. The van der Waals surface area contributed by atoms with Crippen molar-refractivity contribution in [1.29, 1.82) is 0 Å². The molecule has 0 aromatic rings. The van der Waals surface area contributed by atoms with Crippen LogP contribution < -0.4 is 5.32 Å². The van der Waals surface area contributed by atoms with Crippen molar-refractivity contribution in [2.75, 3.05) is 13.2 Å². The van der Waals surface area contributed by atoms with E-state index in [1.54, 1.807) is 6.08 Å². The number of carbonyl (C=O) groups is 2. The largest absolute Gasteiger partial charge is 0.454 e. The third-order valence-electron chi connectivity index (χ3n) is 16.4. The highest BCUT2D eigenvalue weighted by molar-refractivity contribution is 5.80. The van der Waals surface area contributed by atoms with Crippen molar-refractivity contribution in [2.24, 2.45) is 0 Å². The summed E-state index contributed by atoms with van der Waals surface area (Å²) in [6, 6.07) is -1.02. The maximum atomic E-state index is 13.4. The van der Waals surface area contributed by atoms with Gasteiger partial charge in [0.1, 0.15) is 24.4 Å². The van der Waals surface area contributed by atoms with Gasteiger partial charge in [0.2, 0.25) is 5.91 Å². The Balaban J connectivity index is 2.58. The number of rotatable bonds is 59. The smallest absolute Gasteiger partial charge is 0.306 e. The number of amides is 1. The fraction of sp³-hybridized carbons (Fsp3) is 0.940. The molecule has 11 nitrogen and oxygen atoms in total. The zero-order valence-corrected chi connectivity index (χ0v) is 51.3. The number of unbranched alkanes of at least 4 members (excludes halogenated alkanes) is 45. The second-order valence-corrected chi connectivity index (χ2v) is 23.9. The van der Waals surface area contributed by atoms with Crippen molar-refractivity contribution < 1.29 is 49.3 Å². The van der Waals surface area contributed by atoms with Gasteiger partial charge in [0.25, 0.3) is 0 Å². The Morgan fingerprint density at radius 2 is 0.833 bits per heavy atom. The Kier molecular flexibility index (Phi) is 53.3. The second kappa shape index (κ2) is 55.9. The molecule has 0 aliphatic carbocycles. The minimum absolute atomic E-state index is 0.132. The van der Waals surface area contributed by atoms with Crippen LogP contribution in [0.25, 0.3) is 0 Å². The number of aliphatic hydroxyl groups excluding tert-OH is 5. The molecule has 1 heterocycles. The first kappa shape index (κ1) is 74.4. The molecule has 11 heteroatoms. The van der Waals surface area contributed by atoms with E-state index in [2.05, 4.69) is 26.1 Å². The summed E-state index contributed by atoms with van der Waals surface area (Å²) < 4.78 is 17.7. The van der Waals surface area contributed by atoms with Crippen molar-refractivity contribution in [1.82, 2.24) is 5.32 Å². The Morgan fingerprint density at radius 1 is 0.487 bits per heavy atom. The zero-order valence-electron chi connectivity index (χ0n) is 51.3. The van der Waals surface area contributed by atoms with Crippen LogP contribution in [0.15, 0.2) is 12.2 Å². The lowest BCUT2D eigenvalue weighted by atomic mass is 9.99. The van der Waals surface area contributed by atoms with Crippen LogP contribution in [-0.4, -0.2) is 99.6 Å². The number of hydrogen-bond acceptors (Lipinski definition) is 10. The molecule has 8 unspecified atom stereocenters. The lowest BCUT2D eigenvalue weighted by Gasteiger charge is -2.41. The number of nitrogens with one attached hydrogen (secondary N) is 1. The Labute approximate surface area is 480 Å². The van der Waals surface area contributed by atoms with Crippen molar-refractivity contribution in [3.05, 3.63) is 12.2 Å². The molecular weight excluding hydrogens is 979 g/mol. The van der Waals surface area contributed by atoms with Gasteiger partial charge < -0.3 is 45.1 Å². The average molecular weight is 1110 g/mol. The number of allylic oxidation sites excluding steroid dienone is 1. The molecule has 0 radical (unpaired) electrons. The topological polar surface area (TPSA) is 175 Å². The van der Waals surface area contributed by atoms with Gasteiger partial charge in [-0.2, -0.15) is 0 Å². The summed E-state index contributed by atoms with van der Waals surface area (Å²) in [5, 5.41) is 57.1. The minimum Gasteiger partial charge on any atom is -0.454 e. The molecular formula is C67H129NO10. The summed E-state index contributed by atoms with van der Waals surface area (Å²) >= 11 is 0. The molecule has 0 bridgehead atoms. The highest BCUT2D eigenvalue weighted by Gasteiger charge is 2.47. The number of hydrogen-bond donors (Lipinski definition) is 6. The number of carbonyl (C=O) groups excluding carboxylic acids is 2. The fourth-order valence-electron chi connectivity index (χ4n) is 11.1. The Hall–Kier alpha value is -1.60. The van der Waals surface area contributed by atoms with E-state index in [4.69, 9.17) is 14.2 Å². The summed E-state index contributed by atoms with van der Waals surface area (Å²) in [4.78, 5) is 26.6. The molecule has 6 N–H and O–H groups in total. The van der Waals surface area contributed by atoms with E-state index in [0.717, 1.165) is 57.8 Å². The summed E-state index contributed by atoms with van der Waals surface area (Å²) in [5.74, 6) is -1.17. The van der Waals surface area contributed by atoms with Crippen molar-refractivity contribution in [2.45, 2.75) is 391 Å². The molecule has 0 spiro atoms. The third-order valence-corrected chi connectivity index (χ3v) is 16.4. The molecule has 1 rings (SSSR count). The van der Waals surface area contributed by atoms with Crippen LogP contribution in [0.2, 0.25) is 0 Å². The van der Waals surface area contributed by atoms with E-state index >= 15 is 0 Å².